The quantitative estimate of drug-likeness (QED) is 0.931. The Bertz CT molecular complexity index is 354. The van der Waals surface area contributed by atoms with Crippen molar-refractivity contribution >= 4 is 39.6 Å². The van der Waals surface area contributed by atoms with Gasteiger partial charge in [-0.25, -0.2) is 0 Å². The number of aliphatic imine (C=N–C) groups is 1. The molecule has 0 fully saturated rings. The molecule has 0 unspecified atom stereocenters. The molecule has 1 aromatic carbocycles. The average molecular weight is 303 g/mol. The zero-order valence-electron chi connectivity index (χ0n) is 9.10. The molecule has 0 saturated heterocycles. The van der Waals surface area contributed by atoms with Crippen LogP contribution in [-0.2, 0) is 0 Å². The van der Waals surface area contributed by atoms with Crippen LogP contribution < -0.4 is 10.1 Å². The third-order valence-corrected chi connectivity index (χ3v) is 2.89. The van der Waals surface area contributed by atoms with Crippen molar-refractivity contribution in [2.75, 3.05) is 24.2 Å². The number of hydrogen-bond acceptors (Lipinski definition) is 4. The van der Waals surface area contributed by atoms with Crippen molar-refractivity contribution in [1.82, 2.24) is 0 Å². The molecule has 0 amide bonds. The van der Waals surface area contributed by atoms with Gasteiger partial charge in [0, 0.05) is 11.4 Å². The summed E-state index contributed by atoms with van der Waals surface area (Å²) in [6.07, 6.45) is 0. The maximum absolute atomic E-state index is 5.37. The third kappa shape index (κ3) is 3.72. The summed E-state index contributed by atoms with van der Waals surface area (Å²) in [5.41, 5.74) is 1.06. The number of rotatable bonds is 3. The van der Waals surface area contributed by atoms with Crippen molar-refractivity contribution in [3.05, 3.63) is 24.3 Å². The standard InChI is InChI=1S/C11H14N2OS.BrH/c1-2-14-10-5-3-9(4-6-10)13-11-12-7-8-15-11;/h3-6H,2,7-8H2,1H3,(H,12,13);1H. The van der Waals surface area contributed by atoms with Crippen LogP contribution in [0, 0.1) is 0 Å². The zero-order chi connectivity index (χ0) is 10.5. The summed E-state index contributed by atoms with van der Waals surface area (Å²) in [5.74, 6) is 1.99. The molecule has 1 aliphatic heterocycles. The van der Waals surface area contributed by atoms with Crippen LogP contribution in [0.1, 0.15) is 6.92 Å². The topological polar surface area (TPSA) is 33.6 Å². The van der Waals surface area contributed by atoms with Crippen molar-refractivity contribution in [1.29, 1.82) is 0 Å². The Kier molecular flexibility index (Phi) is 5.69. The summed E-state index contributed by atoms with van der Waals surface area (Å²) in [4.78, 5) is 4.33. The van der Waals surface area contributed by atoms with Gasteiger partial charge in [-0.3, -0.25) is 4.99 Å². The van der Waals surface area contributed by atoms with Gasteiger partial charge in [0.15, 0.2) is 5.17 Å². The summed E-state index contributed by atoms with van der Waals surface area (Å²) in [6, 6.07) is 7.94. The SMILES string of the molecule is Br.CCOc1ccc(NC2=NCCS2)cc1. The molecule has 0 aliphatic carbocycles. The lowest BCUT2D eigenvalue weighted by Gasteiger charge is -2.06. The van der Waals surface area contributed by atoms with E-state index in [9.17, 15) is 0 Å². The van der Waals surface area contributed by atoms with E-state index in [-0.39, 0.29) is 17.0 Å². The minimum atomic E-state index is 0. The van der Waals surface area contributed by atoms with Crippen molar-refractivity contribution in [3.8, 4) is 5.75 Å². The number of ether oxygens (including phenoxy) is 1. The Balaban J connectivity index is 0.00000128. The number of amidine groups is 1. The predicted octanol–water partition coefficient (Wildman–Crippen LogP) is 3.18. The van der Waals surface area contributed by atoms with Crippen LogP contribution in [0.25, 0.3) is 0 Å². The summed E-state index contributed by atoms with van der Waals surface area (Å²) < 4.78 is 5.37. The number of nitrogens with zero attached hydrogens (tertiary/aromatic N) is 1. The molecule has 88 valence electrons. The lowest BCUT2D eigenvalue weighted by atomic mass is 10.3. The number of halogens is 1. The van der Waals surface area contributed by atoms with Gasteiger partial charge >= 0.3 is 0 Å². The van der Waals surface area contributed by atoms with E-state index in [2.05, 4.69) is 10.3 Å². The lowest BCUT2D eigenvalue weighted by Crippen LogP contribution is -2.04. The van der Waals surface area contributed by atoms with Crippen LogP contribution in [0.2, 0.25) is 0 Å². The molecule has 16 heavy (non-hydrogen) atoms. The molecule has 3 nitrogen and oxygen atoms in total. The first-order valence-corrected chi connectivity index (χ1v) is 6.04. The molecule has 2 rings (SSSR count). The maximum Gasteiger partial charge on any atom is 0.161 e. The van der Waals surface area contributed by atoms with E-state index in [1.165, 1.54) is 0 Å². The third-order valence-electron chi connectivity index (χ3n) is 2.00. The fraction of sp³-hybridized carbons (Fsp3) is 0.364. The molecule has 0 aromatic heterocycles. The highest BCUT2D eigenvalue weighted by Gasteiger charge is 2.06. The smallest absolute Gasteiger partial charge is 0.161 e. The van der Waals surface area contributed by atoms with E-state index in [1.54, 1.807) is 11.8 Å². The van der Waals surface area contributed by atoms with E-state index in [0.717, 1.165) is 28.9 Å². The first-order chi connectivity index (χ1) is 7.38. The Hall–Kier alpha value is -0.680. The average Bonchev–Trinajstić information content (AvgIpc) is 2.74. The summed E-state index contributed by atoms with van der Waals surface area (Å²) in [6.45, 7) is 3.61. The van der Waals surface area contributed by atoms with Gasteiger partial charge in [0.1, 0.15) is 5.75 Å². The monoisotopic (exact) mass is 302 g/mol. The molecular weight excluding hydrogens is 288 g/mol. The molecule has 0 bridgehead atoms. The highest BCUT2D eigenvalue weighted by molar-refractivity contribution is 8.93. The van der Waals surface area contributed by atoms with E-state index in [0.29, 0.717) is 6.61 Å². The Morgan fingerprint density at radius 1 is 1.38 bits per heavy atom. The van der Waals surface area contributed by atoms with Crippen LogP contribution in [0.4, 0.5) is 5.69 Å². The zero-order valence-corrected chi connectivity index (χ0v) is 11.6. The van der Waals surface area contributed by atoms with Crippen LogP contribution >= 0.6 is 28.7 Å². The molecule has 1 N–H and O–H groups in total. The number of anilines is 1. The van der Waals surface area contributed by atoms with Gasteiger partial charge < -0.3 is 10.1 Å². The van der Waals surface area contributed by atoms with Gasteiger partial charge in [-0.05, 0) is 31.2 Å². The minimum Gasteiger partial charge on any atom is -0.494 e. The highest BCUT2D eigenvalue weighted by atomic mass is 79.9. The Labute approximate surface area is 110 Å². The number of benzene rings is 1. The normalized spacial score (nSPS) is 13.9. The van der Waals surface area contributed by atoms with Crippen molar-refractivity contribution < 1.29 is 4.74 Å². The molecule has 1 aromatic rings. The molecule has 0 radical (unpaired) electrons. The molecule has 0 spiro atoms. The fourth-order valence-corrected chi connectivity index (χ4v) is 2.08. The van der Waals surface area contributed by atoms with Crippen LogP contribution in [0.3, 0.4) is 0 Å². The summed E-state index contributed by atoms with van der Waals surface area (Å²) in [7, 11) is 0. The molecule has 0 saturated carbocycles. The van der Waals surface area contributed by atoms with Crippen molar-refractivity contribution in [2.45, 2.75) is 6.92 Å². The molecular formula is C11H15BrN2OS. The van der Waals surface area contributed by atoms with Crippen molar-refractivity contribution in [2.24, 2.45) is 4.99 Å². The van der Waals surface area contributed by atoms with Gasteiger partial charge in [0.25, 0.3) is 0 Å². The molecule has 0 atom stereocenters. The van der Waals surface area contributed by atoms with Gasteiger partial charge in [-0.2, -0.15) is 0 Å². The second kappa shape index (κ2) is 6.81. The Morgan fingerprint density at radius 3 is 2.69 bits per heavy atom. The van der Waals surface area contributed by atoms with Crippen LogP contribution in [-0.4, -0.2) is 24.1 Å². The lowest BCUT2D eigenvalue weighted by molar-refractivity contribution is 0.340. The largest absolute Gasteiger partial charge is 0.494 e. The first kappa shape index (κ1) is 13.4. The number of thioether (sulfide) groups is 1. The number of nitrogens with one attached hydrogen (secondary N) is 1. The van der Waals surface area contributed by atoms with Gasteiger partial charge in [0.05, 0.1) is 13.2 Å². The van der Waals surface area contributed by atoms with Gasteiger partial charge in [-0.1, -0.05) is 11.8 Å². The number of hydrogen-bond donors (Lipinski definition) is 1. The van der Waals surface area contributed by atoms with Crippen molar-refractivity contribution in [3.63, 3.8) is 0 Å². The first-order valence-electron chi connectivity index (χ1n) is 5.05. The molecule has 5 heteroatoms. The minimum absolute atomic E-state index is 0. The summed E-state index contributed by atoms with van der Waals surface area (Å²) in [5, 5.41) is 4.28. The van der Waals surface area contributed by atoms with Crippen LogP contribution in [0.5, 0.6) is 5.75 Å². The van der Waals surface area contributed by atoms with E-state index >= 15 is 0 Å². The van der Waals surface area contributed by atoms with E-state index < -0.39 is 0 Å². The van der Waals surface area contributed by atoms with Crippen LogP contribution in [0.15, 0.2) is 29.3 Å². The van der Waals surface area contributed by atoms with Gasteiger partial charge in [-0.15, -0.1) is 17.0 Å². The van der Waals surface area contributed by atoms with E-state index in [1.807, 2.05) is 31.2 Å². The predicted molar refractivity (Wildman–Crippen MR) is 76.3 cm³/mol. The van der Waals surface area contributed by atoms with E-state index in [4.69, 9.17) is 4.74 Å². The molecule has 1 heterocycles. The fourth-order valence-electron chi connectivity index (χ4n) is 1.34. The molecule has 1 aliphatic rings. The second-order valence-corrected chi connectivity index (χ2v) is 4.20. The highest BCUT2D eigenvalue weighted by Crippen LogP contribution is 2.19. The maximum atomic E-state index is 5.37. The summed E-state index contributed by atoms with van der Waals surface area (Å²) >= 11 is 1.76. The Morgan fingerprint density at radius 2 is 2.12 bits per heavy atom. The second-order valence-electron chi connectivity index (χ2n) is 3.12. The van der Waals surface area contributed by atoms with Gasteiger partial charge in [0.2, 0.25) is 0 Å².